The number of halogens is 1. The van der Waals surface area contributed by atoms with E-state index in [4.69, 9.17) is 11.5 Å². The SMILES string of the molecule is CN=C/C(=C\N)Nc1ncc(-c2cncs2)c(Nc2cc(N)ccc2F)n1. The van der Waals surface area contributed by atoms with Crippen molar-refractivity contribution in [3.63, 3.8) is 0 Å². The van der Waals surface area contributed by atoms with Gasteiger partial charge in [-0.15, -0.1) is 11.3 Å². The number of aromatic nitrogens is 3. The van der Waals surface area contributed by atoms with Gasteiger partial charge in [-0.05, 0) is 18.2 Å². The number of anilines is 4. The Hall–Kier alpha value is -3.53. The molecule has 10 heteroatoms. The molecule has 0 bridgehead atoms. The second-order valence-electron chi connectivity index (χ2n) is 5.32. The highest BCUT2D eigenvalue weighted by Gasteiger charge is 2.14. The summed E-state index contributed by atoms with van der Waals surface area (Å²) in [5.41, 5.74) is 14.8. The zero-order valence-corrected chi connectivity index (χ0v) is 15.2. The predicted molar refractivity (Wildman–Crippen MR) is 108 cm³/mol. The van der Waals surface area contributed by atoms with E-state index in [1.165, 1.54) is 42.0 Å². The highest BCUT2D eigenvalue weighted by atomic mass is 32.1. The van der Waals surface area contributed by atoms with Crippen molar-refractivity contribution >= 4 is 40.7 Å². The molecular formula is C17H17FN8S. The lowest BCUT2D eigenvalue weighted by Crippen LogP contribution is -2.09. The summed E-state index contributed by atoms with van der Waals surface area (Å²) in [5, 5.41) is 5.93. The highest BCUT2D eigenvalue weighted by molar-refractivity contribution is 7.13. The first-order valence-corrected chi connectivity index (χ1v) is 8.67. The average molecular weight is 384 g/mol. The Morgan fingerprint density at radius 1 is 1.33 bits per heavy atom. The minimum absolute atomic E-state index is 0.204. The summed E-state index contributed by atoms with van der Waals surface area (Å²) in [6.45, 7) is 0. The van der Waals surface area contributed by atoms with E-state index in [9.17, 15) is 4.39 Å². The molecule has 138 valence electrons. The Balaban J connectivity index is 2.02. The summed E-state index contributed by atoms with van der Waals surface area (Å²) < 4.78 is 14.2. The zero-order chi connectivity index (χ0) is 19.2. The fourth-order valence-electron chi connectivity index (χ4n) is 2.22. The van der Waals surface area contributed by atoms with Crippen LogP contribution in [-0.4, -0.2) is 28.2 Å². The van der Waals surface area contributed by atoms with Crippen LogP contribution < -0.4 is 22.1 Å². The number of nitrogens with zero attached hydrogens (tertiary/aromatic N) is 4. The quantitative estimate of drug-likeness (QED) is 0.380. The topological polar surface area (TPSA) is 127 Å². The van der Waals surface area contributed by atoms with Crippen LogP contribution in [0.1, 0.15) is 0 Å². The summed E-state index contributed by atoms with van der Waals surface area (Å²) >= 11 is 1.42. The van der Waals surface area contributed by atoms with E-state index >= 15 is 0 Å². The number of nitrogen functional groups attached to an aromatic ring is 1. The number of benzene rings is 1. The molecule has 2 aromatic heterocycles. The Morgan fingerprint density at radius 2 is 2.19 bits per heavy atom. The van der Waals surface area contributed by atoms with Crippen molar-refractivity contribution in [3.05, 3.63) is 53.8 Å². The summed E-state index contributed by atoms with van der Waals surface area (Å²) in [7, 11) is 1.62. The van der Waals surface area contributed by atoms with Gasteiger partial charge in [-0.2, -0.15) is 4.98 Å². The van der Waals surface area contributed by atoms with Crippen molar-refractivity contribution in [1.82, 2.24) is 15.0 Å². The number of thiazole rings is 1. The first-order chi connectivity index (χ1) is 13.1. The van der Waals surface area contributed by atoms with Crippen LogP contribution in [0.15, 0.2) is 53.0 Å². The smallest absolute Gasteiger partial charge is 0.229 e. The van der Waals surface area contributed by atoms with E-state index < -0.39 is 5.82 Å². The van der Waals surface area contributed by atoms with Gasteiger partial charge in [-0.1, -0.05) is 0 Å². The number of nitrogens with two attached hydrogens (primary N) is 2. The van der Waals surface area contributed by atoms with Crippen LogP contribution in [0.2, 0.25) is 0 Å². The molecule has 0 fully saturated rings. The minimum Gasteiger partial charge on any atom is -0.403 e. The van der Waals surface area contributed by atoms with Crippen LogP contribution in [0, 0.1) is 5.82 Å². The van der Waals surface area contributed by atoms with Gasteiger partial charge >= 0.3 is 0 Å². The van der Waals surface area contributed by atoms with Crippen LogP contribution in [0.4, 0.5) is 27.5 Å². The summed E-state index contributed by atoms with van der Waals surface area (Å²) in [6.07, 6.45) is 6.18. The van der Waals surface area contributed by atoms with Gasteiger partial charge in [0.15, 0.2) is 0 Å². The molecule has 3 aromatic rings. The third kappa shape index (κ3) is 4.36. The van der Waals surface area contributed by atoms with Crippen molar-refractivity contribution in [2.24, 2.45) is 10.7 Å². The van der Waals surface area contributed by atoms with E-state index in [0.717, 1.165) is 4.88 Å². The molecule has 0 aliphatic heterocycles. The fraction of sp³-hybridized carbons (Fsp3) is 0.0588. The van der Waals surface area contributed by atoms with Crippen LogP contribution in [0.5, 0.6) is 0 Å². The molecular weight excluding hydrogens is 367 g/mol. The highest BCUT2D eigenvalue weighted by Crippen LogP contribution is 2.32. The van der Waals surface area contributed by atoms with Gasteiger partial charge in [0.1, 0.15) is 11.6 Å². The van der Waals surface area contributed by atoms with Gasteiger partial charge in [0.05, 0.1) is 27.3 Å². The van der Waals surface area contributed by atoms with E-state index in [0.29, 0.717) is 22.8 Å². The molecule has 0 atom stereocenters. The van der Waals surface area contributed by atoms with Crippen molar-refractivity contribution in [2.45, 2.75) is 0 Å². The number of hydrogen-bond donors (Lipinski definition) is 4. The molecule has 0 aliphatic rings. The van der Waals surface area contributed by atoms with Gasteiger partial charge in [0, 0.05) is 37.5 Å². The third-order valence-corrected chi connectivity index (χ3v) is 4.24. The number of hydrogen-bond acceptors (Lipinski definition) is 9. The summed E-state index contributed by atoms with van der Waals surface area (Å²) in [5.74, 6) is 0.214. The fourth-order valence-corrected chi connectivity index (χ4v) is 2.85. The van der Waals surface area contributed by atoms with Gasteiger partial charge < -0.3 is 22.1 Å². The first-order valence-electron chi connectivity index (χ1n) is 7.79. The zero-order valence-electron chi connectivity index (χ0n) is 14.3. The van der Waals surface area contributed by atoms with Crippen molar-refractivity contribution in [2.75, 3.05) is 23.4 Å². The lowest BCUT2D eigenvalue weighted by Gasteiger charge is -2.13. The van der Waals surface area contributed by atoms with Gasteiger partial charge in [0.2, 0.25) is 5.95 Å². The summed E-state index contributed by atoms with van der Waals surface area (Å²) in [4.78, 5) is 17.5. The van der Waals surface area contributed by atoms with Crippen molar-refractivity contribution in [1.29, 1.82) is 0 Å². The number of rotatable bonds is 6. The molecule has 8 nitrogen and oxygen atoms in total. The predicted octanol–water partition coefficient (Wildman–Crippen LogP) is 2.98. The molecule has 27 heavy (non-hydrogen) atoms. The molecule has 0 spiro atoms. The molecule has 0 radical (unpaired) electrons. The Labute approximate surface area is 158 Å². The maximum atomic E-state index is 14.2. The number of aliphatic imine (C=N–C) groups is 1. The van der Waals surface area contributed by atoms with Crippen LogP contribution in [0.3, 0.4) is 0 Å². The lowest BCUT2D eigenvalue weighted by molar-refractivity contribution is 0.632. The monoisotopic (exact) mass is 384 g/mol. The number of nitrogens with one attached hydrogen (secondary N) is 2. The lowest BCUT2D eigenvalue weighted by atomic mass is 10.2. The van der Waals surface area contributed by atoms with E-state index in [2.05, 4.69) is 30.6 Å². The van der Waals surface area contributed by atoms with E-state index in [1.807, 2.05) is 0 Å². The molecule has 6 N–H and O–H groups in total. The standard InChI is InChI=1S/C17H17FN8S/c1-21-6-11(5-19)24-17-23-7-12(15-8-22-9-27-15)16(26-17)25-14-4-10(20)2-3-13(14)18/h2-9H,19-20H2,1H3,(H2,23,24,25,26)/b11-5+,21-6?. The molecule has 0 unspecified atom stereocenters. The molecule has 2 heterocycles. The molecule has 1 aromatic carbocycles. The van der Waals surface area contributed by atoms with Crippen LogP contribution in [0.25, 0.3) is 10.4 Å². The van der Waals surface area contributed by atoms with Crippen molar-refractivity contribution in [3.8, 4) is 10.4 Å². The molecule has 0 amide bonds. The molecule has 0 aliphatic carbocycles. The minimum atomic E-state index is -0.451. The maximum Gasteiger partial charge on any atom is 0.229 e. The van der Waals surface area contributed by atoms with E-state index in [1.54, 1.807) is 25.0 Å². The molecule has 3 rings (SSSR count). The van der Waals surface area contributed by atoms with Crippen LogP contribution in [-0.2, 0) is 0 Å². The first kappa shape index (κ1) is 18.3. The summed E-state index contributed by atoms with van der Waals surface area (Å²) in [6, 6.07) is 4.27. The molecule has 0 saturated carbocycles. The van der Waals surface area contributed by atoms with Gasteiger partial charge in [-0.25, -0.2) is 9.37 Å². The Kier molecular flexibility index (Phi) is 5.57. The van der Waals surface area contributed by atoms with Crippen molar-refractivity contribution < 1.29 is 4.39 Å². The number of allylic oxidation sites excluding steroid dienone is 1. The average Bonchev–Trinajstić information content (AvgIpc) is 3.19. The normalized spacial score (nSPS) is 11.7. The van der Waals surface area contributed by atoms with Crippen LogP contribution >= 0.6 is 11.3 Å². The third-order valence-electron chi connectivity index (χ3n) is 3.43. The van der Waals surface area contributed by atoms with Gasteiger partial charge in [0.25, 0.3) is 0 Å². The maximum absolute atomic E-state index is 14.2. The largest absolute Gasteiger partial charge is 0.403 e. The van der Waals surface area contributed by atoms with E-state index in [-0.39, 0.29) is 11.6 Å². The Bertz CT molecular complexity index is 985. The second kappa shape index (κ2) is 8.23. The second-order valence-corrected chi connectivity index (χ2v) is 6.21. The Morgan fingerprint density at radius 3 is 2.89 bits per heavy atom. The van der Waals surface area contributed by atoms with Gasteiger partial charge in [-0.3, -0.25) is 9.98 Å². The molecule has 0 saturated heterocycles.